The van der Waals surface area contributed by atoms with Crippen LogP contribution in [-0.2, 0) is 4.79 Å². The van der Waals surface area contributed by atoms with Crippen LogP contribution in [0.25, 0.3) is 0 Å². The molecule has 0 radical (unpaired) electrons. The highest BCUT2D eigenvalue weighted by Gasteiger charge is 2.28. The van der Waals surface area contributed by atoms with E-state index in [2.05, 4.69) is 5.32 Å². The number of carbonyl (C=O) groups is 2. The van der Waals surface area contributed by atoms with E-state index < -0.39 is 17.8 Å². The molecule has 1 aliphatic heterocycles. The van der Waals surface area contributed by atoms with Gasteiger partial charge in [0, 0.05) is 26.1 Å². The molecule has 7 heteroatoms. The lowest BCUT2D eigenvalue weighted by Gasteiger charge is -2.30. The summed E-state index contributed by atoms with van der Waals surface area (Å²) in [6.07, 6.45) is 1.15. The Balaban J connectivity index is 2.27. The highest BCUT2D eigenvalue weighted by atomic mass is 19.3. The van der Waals surface area contributed by atoms with Gasteiger partial charge in [-0.3, -0.25) is 4.79 Å². The summed E-state index contributed by atoms with van der Waals surface area (Å²) in [5, 5.41) is 11.4. The second-order valence-electron chi connectivity index (χ2n) is 5.03. The minimum absolute atomic E-state index is 0.177. The van der Waals surface area contributed by atoms with Crippen LogP contribution in [-0.4, -0.2) is 47.6 Å². The Bertz CT molecular complexity index is 331. The molecule has 0 aromatic rings. The average Bonchev–Trinajstić information content (AvgIpc) is 2.33. The van der Waals surface area contributed by atoms with Crippen LogP contribution in [0.5, 0.6) is 0 Å². The van der Waals surface area contributed by atoms with E-state index in [1.807, 2.05) is 0 Å². The molecule has 5 nitrogen and oxygen atoms in total. The lowest BCUT2D eigenvalue weighted by Crippen LogP contribution is -2.47. The molecule has 1 rings (SSSR count). The quantitative estimate of drug-likeness (QED) is 0.755. The normalized spacial score (nSPS) is 20.2. The number of piperidine rings is 1. The highest BCUT2D eigenvalue weighted by Crippen LogP contribution is 2.18. The third-order valence-corrected chi connectivity index (χ3v) is 3.13. The molecular weight excluding hydrogens is 258 g/mol. The molecule has 1 unspecified atom stereocenters. The van der Waals surface area contributed by atoms with Gasteiger partial charge in [0.15, 0.2) is 0 Å². The number of nitrogens with one attached hydrogen (secondary N) is 1. The molecule has 110 valence electrons. The summed E-state index contributed by atoms with van der Waals surface area (Å²) in [6, 6.07) is -0.370. The van der Waals surface area contributed by atoms with E-state index in [4.69, 9.17) is 5.11 Å². The van der Waals surface area contributed by atoms with Crippen LogP contribution in [0.2, 0.25) is 0 Å². The van der Waals surface area contributed by atoms with E-state index in [1.165, 1.54) is 4.90 Å². The van der Waals surface area contributed by atoms with Gasteiger partial charge in [0.1, 0.15) is 0 Å². The number of carbonyl (C=O) groups excluding carboxylic acids is 1. The number of carboxylic acids is 1. The van der Waals surface area contributed by atoms with Crippen molar-refractivity contribution in [3.05, 3.63) is 0 Å². The molecule has 0 aromatic carbocycles. The summed E-state index contributed by atoms with van der Waals surface area (Å²) in [7, 11) is 0. The zero-order chi connectivity index (χ0) is 14.5. The number of hydrogen-bond donors (Lipinski definition) is 2. The van der Waals surface area contributed by atoms with Crippen molar-refractivity contribution in [3.8, 4) is 0 Å². The molecule has 1 aliphatic rings. The van der Waals surface area contributed by atoms with E-state index in [0.29, 0.717) is 19.4 Å². The third-order valence-electron chi connectivity index (χ3n) is 3.13. The number of hydrogen-bond acceptors (Lipinski definition) is 2. The fourth-order valence-electron chi connectivity index (χ4n) is 2.07. The lowest BCUT2D eigenvalue weighted by atomic mass is 9.99. The van der Waals surface area contributed by atoms with E-state index in [-0.39, 0.29) is 32.0 Å². The second kappa shape index (κ2) is 6.68. The van der Waals surface area contributed by atoms with Crippen LogP contribution < -0.4 is 5.32 Å². The Labute approximate surface area is 111 Å². The first-order valence-corrected chi connectivity index (χ1v) is 6.43. The largest absolute Gasteiger partial charge is 0.481 e. The van der Waals surface area contributed by atoms with E-state index in [9.17, 15) is 18.4 Å². The number of amides is 2. The first-order chi connectivity index (χ1) is 8.79. The average molecular weight is 278 g/mol. The standard InChI is InChI=1S/C12H20F2N2O3/c1-12(13,14)5-3-6-15-11(19)16-7-2-4-9(8-16)10(17)18/h9H,2-8H2,1H3,(H,15,19)(H,17,18). The summed E-state index contributed by atoms with van der Waals surface area (Å²) < 4.78 is 25.1. The maximum atomic E-state index is 12.6. The van der Waals surface area contributed by atoms with Crippen LogP contribution in [0.1, 0.15) is 32.6 Å². The molecule has 2 amide bonds. The molecule has 1 atom stereocenters. The summed E-state index contributed by atoms with van der Waals surface area (Å²) in [4.78, 5) is 24.0. The highest BCUT2D eigenvalue weighted by molar-refractivity contribution is 5.76. The monoisotopic (exact) mass is 278 g/mol. The predicted molar refractivity (Wildman–Crippen MR) is 65.2 cm³/mol. The van der Waals surface area contributed by atoms with Gasteiger partial charge >= 0.3 is 12.0 Å². The van der Waals surface area contributed by atoms with E-state index in [0.717, 1.165) is 6.92 Å². The van der Waals surface area contributed by atoms with Gasteiger partial charge in [-0.2, -0.15) is 0 Å². The third kappa shape index (κ3) is 5.85. The molecule has 0 aromatic heterocycles. The lowest BCUT2D eigenvalue weighted by molar-refractivity contribution is -0.143. The molecule has 0 aliphatic carbocycles. The fraction of sp³-hybridized carbons (Fsp3) is 0.833. The number of halogens is 2. The number of nitrogens with zero attached hydrogens (tertiary/aromatic N) is 1. The van der Waals surface area contributed by atoms with Gasteiger partial charge < -0.3 is 15.3 Å². The first kappa shape index (κ1) is 15.7. The minimum atomic E-state index is -2.72. The summed E-state index contributed by atoms with van der Waals surface area (Å²) in [6.45, 7) is 1.72. The van der Waals surface area contributed by atoms with Crippen LogP contribution in [0, 0.1) is 5.92 Å². The van der Waals surface area contributed by atoms with Gasteiger partial charge in [0.2, 0.25) is 5.92 Å². The van der Waals surface area contributed by atoms with Crippen LogP contribution in [0.4, 0.5) is 13.6 Å². The van der Waals surface area contributed by atoms with Gasteiger partial charge in [0.05, 0.1) is 5.92 Å². The van der Waals surface area contributed by atoms with E-state index >= 15 is 0 Å². The van der Waals surface area contributed by atoms with Crippen LogP contribution >= 0.6 is 0 Å². The minimum Gasteiger partial charge on any atom is -0.481 e. The number of aliphatic carboxylic acids is 1. The Morgan fingerprint density at radius 1 is 1.47 bits per heavy atom. The van der Waals surface area contributed by atoms with Gasteiger partial charge in [-0.05, 0) is 26.2 Å². The number of rotatable bonds is 5. The Kier molecular flexibility index (Phi) is 5.50. The molecule has 2 N–H and O–H groups in total. The smallest absolute Gasteiger partial charge is 0.317 e. The Hall–Kier alpha value is -1.40. The molecule has 0 spiro atoms. The van der Waals surface area contributed by atoms with Crippen LogP contribution in [0.15, 0.2) is 0 Å². The van der Waals surface area contributed by atoms with Crippen molar-refractivity contribution in [1.29, 1.82) is 0 Å². The number of urea groups is 1. The Morgan fingerprint density at radius 2 is 2.16 bits per heavy atom. The first-order valence-electron chi connectivity index (χ1n) is 6.43. The molecule has 1 saturated heterocycles. The van der Waals surface area contributed by atoms with E-state index in [1.54, 1.807) is 0 Å². The van der Waals surface area contributed by atoms with Crippen molar-refractivity contribution in [2.75, 3.05) is 19.6 Å². The van der Waals surface area contributed by atoms with Gasteiger partial charge in [-0.15, -0.1) is 0 Å². The molecule has 0 bridgehead atoms. The van der Waals surface area contributed by atoms with Crippen molar-refractivity contribution in [2.45, 2.75) is 38.5 Å². The predicted octanol–water partition coefficient (Wildman–Crippen LogP) is 1.93. The topological polar surface area (TPSA) is 69.6 Å². The zero-order valence-corrected chi connectivity index (χ0v) is 11.0. The summed E-state index contributed by atoms with van der Waals surface area (Å²) >= 11 is 0. The Morgan fingerprint density at radius 3 is 2.74 bits per heavy atom. The SMILES string of the molecule is CC(F)(F)CCCNC(=O)N1CCCC(C(=O)O)C1. The van der Waals surface area contributed by atoms with Crippen LogP contribution in [0.3, 0.4) is 0 Å². The number of likely N-dealkylation sites (tertiary alicyclic amines) is 1. The number of carboxylic acid groups (broad SMARTS) is 1. The van der Waals surface area contributed by atoms with Crippen molar-refractivity contribution in [1.82, 2.24) is 10.2 Å². The maximum Gasteiger partial charge on any atom is 0.317 e. The maximum absolute atomic E-state index is 12.6. The molecule has 1 heterocycles. The zero-order valence-electron chi connectivity index (χ0n) is 11.0. The molecule has 1 fully saturated rings. The molecule has 0 saturated carbocycles. The summed E-state index contributed by atoms with van der Waals surface area (Å²) in [5.74, 6) is -4.15. The van der Waals surface area contributed by atoms with Crippen molar-refractivity contribution < 1.29 is 23.5 Å². The van der Waals surface area contributed by atoms with Gasteiger partial charge in [-0.1, -0.05) is 0 Å². The van der Waals surface area contributed by atoms with Crippen molar-refractivity contribution in [3.63, 3.8) is 0 Å². The van der Waals surface area contributed by atoms with Gasteiger partial charge in [-0.25, -0.2) is 13.6 Å². The van der Waals surface area contributed by atoms with Crippen molar-refractivity contribution >= 4 is 12.0 Å². The number of alkyl halides is 2. The second-order valence-corrected chi connectivity index (χ2v) is 5.03. The van der Waals surface area contributed by atoms with Gasteiger partial charge in [0.25, 0.3) is 0 Å². The van der Waals surface area contributed by atoms with Crippen molar-refractivity contribution in [2.24, 2.45) is 5.92 Å². The fourth-order valence-corrected chi connectivity index (χ4v) is 2.07. The molecule has 19 heavy (non-hydrogen) atoms. The molecular formula is C12H20F2N2O3. The summed E-state index contributed by atoms with van der Waals surface area (Å²) in [5.41, 5.74) is 0.